The fraction of sp³-hybridized carbons (Fsp3) is 0.650. The van der Waals surface area contributed by atoms with E-state index in [4.69, 9.17) is 9.47 Å². The Kier molecular flexibility index (Phi) is 5.60. The summed E-state index contributed by atoms with van der Waals surface area (Å²) in [7, 11) is 0. The molecule has 142 valence electrons. The summed E-state index contributed by atoms with van der Waals surface area (Å²) in [4.78, 5) is 17.3. The molecule has 0 aliphatic carbocycles. The van der Waals surface area contributed by atoms with Gasteiger partial charge < -0.3 is 19.7 Å². The van der Waals surface area contributed by atoms with Crippen LogP contribution in [-0.4, -0.2) is 67.7 Å². The molecule has 3 aliphatic heterocycles. The van der Waals surface area contributed by atoms with E-state index >= 15 is 0 Å². The Morgan fingerprint density at radius 2 is 1.73 bits per heavy atom. The van der Waals surface area contributed by atoms with Crippen molar-refractivity contribution < 1.29 is 14.3 Å². The first-order valence-electron chi connectivity index (χ1n) is 9.94. The Morgan fingerprint density at radius 1 is 1.00 bits per heavy atom. The Morgan fingerprint density at radius 3 is 2.50 bits per heavy atom. The topological polar surface area (TPSA) is 54.0 Å². The van der Waals surface area contributed by atoms with Crippen LogP contribution in [0.2, 0.25) is 0 Å². The molecular weight excluding hydrogens is 330 g/mol. The monoisotopic (exact) mass is 359 g/mol. The molecule has 2 fully saturated rings. The van der Waals surface area contributed by atoms with Gasteiger partial charge in [0, 0.05) is 37.3 Å². The van der Waals surface area contributed by atoms with Gasteiger partial charge in [0.05, 0.1) is 19.8 Å². The lowest BCUT2D eigenvalue weighted by atomic mass is 10.0. The molecule has 6 nitrogen and oxygen atoms in total. The summed E-state index contributed by atoms with van der Waals surface area (Å²) in [5, 5.41) is 3.00. The molecule has 0 saturated carbocycles. The molecule has 3 aliphatic rings. The molecule has 0 aromatic heterocycles. The second-order valence-electron chi connectivity index (χ2n) is 7.51. The number of carbonyl (C=O) groups excluding carboxylic acids is 1. The van der Waals surface area contributed by atoms with E-state index in [1.54, 1.807) is 0 Å². The van der Waals surface area contributed by atoms with E-state index < -0.39 is 0 Å². The van der Waals surface area contributed by atoms with Gasteiger partial charge in [0.25, 0.3) is 0 Å². The third kappa shape index (κ3) is 4.30. The molecule has 0 unspecified atom stereocenters. The average molecular weight is 359 g/mol. The van der Waals surface area contributed by atoms with E-state index in [0.717, 1.165) is 37.0 Å². The number of benzene rings is 1. The van der Waals surface area contributed by atoms with E-state index in [9.17, 15) is 4.79 Å². The Labute approximate surface area is 155 Å². The molecule has 3 heterocycles. The lowest BCUT2D eigenvalue weighted by Gasteiger charge is -2.36. The second kappa shape index (κ2) is 8.27. The third-order valence-corrected chi connectivity index (χ3v) is 5.61. The Bertz CT molecular complexity index is 623. The molecule has 2 saturated heterocycles. The molecule has 1 aromatic rings. The second-order valence-corrected chi connectivity index (χ2v) is 7.51. The smallest absolute Gasteiger partial charge is 0.238 e. The average Bonchev–Trinajstić information content (AvgIpc) is 3.08. The lowest BCUT2D eigenvalue weighted by Crippen LogP contribution is -2.45. The van der Waals surface area contributed by atoms with Crippen molar-refractivity contribution in [3.63, 3.8) is 0 Å². The highest BCUT2D eigenvalue weighted by Crippen LogP contribution is 2.32. The van der Waals surface area contributed by atoms with Gasteiger partial charge in [-0.1, -0.05) is 0 Å². The number of anilines is 1. The highest BCUT2D eigenvalue weighted by molar-refractivity contribution is 5.92. The third-order valence-electron chi connectivity index (χ3n) is 5.61. The standard InChI is InChI=1S/C20H29N3O3/c24-20(15-22-10-6-17(7-11-22)23-8-1-2-9-23)21-16-4-5-18-19(14-16)26-13-3-12-25-18/h4-5,14,17H,1-3,6-13,15H2,(H,21,24). The van der Waals surface area contributed by atoms with Gasteiger partial charge in [0.1, 0.15) is 0 Å². The van der Waals surface area contributed by atoms with Gasteiger partial charge in [-0.05, 0) is 50.9 Å². The summed E-state index contributed by atoms with van der Waals surface area (Å²) in [6, 6.07) is 6.33. The van der Waals surface area contributed by atoms with Gasteiger partial charge in [-0.3, -0.25) is 9.69 Å². The number of amides is 1. The lowest BCUT2D eigenvalue weighted by molar-refractivity contribution is -0.117. The number of piperidine rings is 1. The van der Waals surface area contributed by atoms with Gasteiger partial charge >= 0.3 is 0 Å². The van der Waals surface area contributed by atoms with Crippen LogP contribution in [0.4, 0.5) is 5.69 Å². The molecule has 1 N–H and O–H groups in total. The summed E-state index contributed by atoms with van der Waals surface area (Å²) in [5.74, 6) is 1.51. The van der Waals surface area contributed by atoms with Crippen LogP contribution in [0.3, 0.4) is 0 Å². The van der Waals surface area contributed by atoms with Crippen LogP contribution in [0.1, 0.15) is 32.1 Å². The van der Waals surface area contributed by atoms with Crippen LogP contribution >= 0.6 is 0 Å². The normalized spacial score (nSPS) is 22.2. The largest absolute Gasteiger partial charge is 0.490 e. The maximum absolute atomic E-state index is 12.4. The van der Waals surface area contributed by atoms with Crippen molar-refractivity contribution in [2.24, 2.45) is 0 Å². The molecule has 0 radical (unpaired) electrons. The summed E-state index contributed by atoms with van der Waals surface area (Å²) in [6.45, 7) is 6.32. The minimum absolute atomic E-state index is 0.0408. The Balaban J connectivity index is 1.26. The number of ether oxygens (including phenoxy) is 2. The fourth-order valence-electron chi connectivity index (χ4n) is 4.19. The first-order chi connectivity index (χ1) is 12.8. The van der Waals surface area contributed by atoms with Gasteiger partial charge in [-0.2, -0.15) is 0 Å². The number of rotatable bonds is 4. The summed E-state index contributed by atoms with van der Waals surface area (Å²) in [6.07, 6.45) is 5.93. The summed E-state index contributed by atoms with van der Waals surface area (Å²) < 4.78 is 11.3. The minimum Gasteiger partial charge on any atom is -0.490 e. The number of likely N-dealkylation sites (tertiary alicyclic amines) is 2. The predicted octanol–water partition coefficient (Wildman–Crippen LogP) is 2.35. The van der Waals surface area contributed by atoms with Crippen LogP contribution in [0, 0.1) is 0 Å². The molecule has 1 amide bonds. The zero-order valence-corrected chi connectivity index (χ0v) is 15.4. The van der Waals surface area contributed by atoms with Crippen LogP contribution in [0.15, 0.2) is 18.2 Å². The van der Waals surface area contributed by atoms with Crippen LogP contribution < -0.4 is 14.8 Å². The zero-order valence-electron chi connectivity index (χ0n) is 15.4. The molecule has 0 bridgehead atoms. The van der Waals surface area contributed by atoms with Crippen molar-refractivity contribution in [2.45, 2.75) is 38.1 Å². The minimum atomic E-state index is 0.0408. The van der Waals surface area contributed by atoms with Gasteiger partial charge in [0.15, 0.2) is 11.5 Å². The van der Waals surface area contributed by atoms with E-state index in [1.807, 2.05) is 18.2 Å². The number of nitrogens with one attached hydrogen (secondary N) is 1. The van der Waals surface area contributed by atoms with Crippen molar-refractivity contribution in [3.05, 3.63) is 18.2 Å². The SMILES string of the molecule is O=C(CN1CCC(N2CCCC2)CC1)Nc1ccc2c(c1)OCCCO2. The van der Waals surface area contributed by atoms with E-state index in [0.29, 0.717) is 25.5 Å². The predicted molar refractivity (Wildman–Crippen MR) is 101 cm³/mol. The van der Waals surface area contributed by atoms with Crippen molar-refractivity contribution in [2.75, 3.05) is 51.3 Å². The fourth-order valence-corrected chi connectivity index (χ4v) is 4.19. The van der Waals surface area contributed by atoms with Crippen LogP contribution in [-0.2, 0) is 4.79 Å². The first-order valence-corrected chi connectivity index (χ1v) is 9.94. The number of carbonyl (C=O) groups is 1. The highest BCUT2D eigenvalue weighted by atomic mass is 16.5. The van der Waals surface area contributed by atoms with E-state index in [1.165, 1.54) is 38.8 Å². The molecule has 0 atom stereocenters. The molecular formula is C20H29N3O3. The molecule has 4 rings (SSSR count). The van der Waals surface area contributed by atoms with Crippen LogP contribution in [0.5, 0.6) is 11.5 Å². The number of hydrogen-bond donors (Lipinski definition) is 1. The first kappa shape index (κ1) is 17.6. The van der Waals surface area contributed by atoms with Crippen molar-refractivity contribution >= 4 is 11.6 Å². The van der Waals surface area contributed by atoms with Gasteiger partial charge in [-0.25, -0.2) is 0 Å². The molecule has 26 heavy (non-hydrogen) atoms. The van der Waals surface area contributed by atoms with Crippen LogP contribution in [0.25, 0.3) is 0 Å². The molecule has 0 spiro atoms. The maximum Gasteiger partial charge on any atom is 0.238 e. The maximum atomic E-state index is 12.4. The van der Waals surface area contributed by atoms with Gasteiger partial charge in [0.2, 0.25) is 5.91 Å². The number of fused-ring (bicyclic) bond motifs is 1. The van der Waals surface area contributed by atoms with Gasteiger partial charge in [-0.15, -0.1) is 0 Å². The zero-order chi connectivity index (χ0) is 17.8. The summed E-state index contributed by atoms with van der Waals surface area (Å²) in [5.41, 5.74) is 0.770. The van der Waals surface area contributed by atoms with E-state index in [-0.39, 0.29) is 5.91 Å². The number of hydrogen-bond acceptors (Lipinski definition) is 5. The highest BCUT2D eigenvalue weighted by Gasteiger charge is 2.27. The summed E-state index contributed by atoms with van der Waals surface area (Å²) >= 11 is 0. The number of nitrogens with zero attached hydrogens (tertiary/aromatic N) is 2. The molecule has 1 aromatic carbocycles. The van der Waals surface area contributed by atoms with Crippen molar-refractivity contribution in [3.8, 4) is 11.5 Å². The van der Waals surface area contributed by atoms with E-state index in [2.05, 4.69) is 15.1 Å². The molecule has 6 heteroatoms. The van der Waals surface area contributed by atoms with Crippen molar-refractivity contribution in [1.29, 1.82) is 0 Å². The van der Waals surface area contributed by atoms with Crippen molar-refractivity contribution in [1.82, 2.24) is 9.80 Å². The Hall–Kier alpha value is -1.79. The quantitative estimate of drug-likeness (QED) is 0.894.